The molecular weight excluding hydrogens is 278 g/mol. The SMILES string of the molecule is CCC1Oc2cccc(N)c2N(CCN2CCCCC2)C1=O. The second-order valence-corrected chi connectivity index (χ2v) is 6.10. The van der Waals surface area contributed by atoms with E-state index in [1.807, 2.05) is 30.0 Å². The Morgan fingerprint density at radius 3 is 2.73 bits per heavy atom. The zero-order valence-electron chi connectivity index (χ0n) is 13.3. The number of amides is 1. The Kier molecular flexibility index (Phi) is 4.52. The number of nitrogens with zero attached hydrogens (tertiary/aromatic N) is 2. The van der Waals surface area contributed by atoms with E-state index in [9.17, 15) is 4.79 Å². The van der Waals surface area contributed by atoms with E-state index >= 15 is 0 Å². The fraction of sp³-hybridized carbons (Fsp3) is 0.588. The Morgan fingerprint density at radius 1 is 1.23 bits per heavy atom. The molecule has 1 aromatic carbocycles. The van der Waals surface area contributed by atoms with Gasteiger partial charge in [0.1, 0.15) is 11.4 Å². The summed E-state index contributed by atoms with van der Waals surface area (Å²) in [5.41, 5.74) is 7.46. The van der Waals surface area contributed by atoms with Gasteiger partial charge in [-0.1, -0.05) is 19.4 Å². The number of nitrogens with two attached hydrogens (primary N) is 1. The zero-order chi connectivity index (χ0) is 15.5. The highest BCUT2D eigenvalue weighted by Gasteiger charge is 2.34. The largest absolute Gasteiger partial charge is 0.478 e. The number of hydrogen-bond donors (Lipinski definition) is 1. The van der Waals surface area contributed by atoms with Gasteiger partial charge < -0.3 is 20.3 Å². The van der Waals surface area contributed by atoms with Gasteiger partial charge in [-0.2, -0.15) is 0 Å². The number of nitrogen functional groups attached to an aromatic ring is 1. The number of para-hydroxylation sites is 1. The van der Waals surface area contributed by atoms with Crippen molar-refractivity contribution in [1.29, 1.82) is 0 Å². The Hall–Kier alpha value is -1.75. The second kappa shape index (κ2) is 6.57. The van der Waals surface area contributed by atoms with Gasteiger partial charge in [-0.25, -0.2) is 0 Å². The lowest BCUT2D eigenvalue weighted by atomic mass is 10.1. The Labute approximate surface area is 132 Å². The van der Waals surface area contributed by atoms with Gasteiger partial charge in [0, 0.05) is 13.1 Å². The molecule has 1 saturated heterocycles. The van der Waals surface area contributed by atoms with Gasteiger partial charge in [0.2, 0.25) is 0 Å². The van der Waals surface area contributed by atoms with Gasteiger partial charge in [0.25, 0.3) is 5.91 Å². The molecule has 3 rings (SSSR count). The monoisotopic (exact) mass is 303 g/mol. The highest BCUT2D eigenvalue weighted by atomic mass is 16.5. The fourth-order valence-corrected chi connectivity index (χ4v) is 3.32. The lowest BCUT2D eigenvalue weighted by Gasteiger charge is -2.36. The number of rotatable bonds is 4. The standard InChI is InChI=1S/C17H25N3O2/c1-2-14-17(21)20(12-11-19-9-4-3-5-10-19)16-13(18)7-6-8-15(16)22-14/h6-8,14H,2-5,9-12,18H2,1H3. The average molecular weight is 303 g/mol. The third-order valence-corrected chi connectivity index (χ3v) is 4.57. The second-order valence-electron chi connectivity index (χ2n) is 6.10. The number of carbonyl (C=O) groups excluding carboxylic acids is 1. The first-order valence-corrected chi connectivity index (χ1v) is 8.29. The minimum absolute atomic E-state index is 0.0323. The van der Waals surface area contributed by atoms with Crippen LogP contribution < -0.4 is 15.4 Å². The van der Waals surface area contributed by atoms with Crippen LogP contribution >= 0.6 is 0 Å². The van der Waals surface area contributed by atoms with Gasteiger partial charge in [-0.15, -0.1) is 0 Å². The molecule has 5 nitrogen and oxygen atoms in total. The summed E-state index contributed by atoms with van der Waals surface area (Å²) in [6.45, 7) is 5.82. The van der Waals surface area contributed by atoms with Crippen LogP contribution in [0.25, 0.3) is 0 Å². The van der Waals surface area contributed by atoms with Crippen molar-refractivity contribution in [3.8, 4) is 5.75 Å². The van der Waals surface area contributed by atoms with Gasteiger partial charge >= 0.3 is 0 Å². The van der Waals surface area contributed by atoms with Crippen LogP contribution in [0.2, 0.25) is 0 Å². The molecule has 5 heteroatoms. The van der Waals surface area contributed by atoms with Gasteiger partial charge in [0.05, 0.1) is 5.69 Å². The van der Waals surface area contributed by atoms with E-state index in [0.29, 0.717) is 18.7 Å². The van der Waals surface area contributed by atoms with Gasteiger partial charge in [-0.3, -0.25) is 4.79 Å². The van der Waals surface area contributed by atoms with E-state index in [1.54, 1.807) is 0 Å². The van der Waals surface area contributed by atoms with E-state index in [-0.39, 0.29) is 5.91 Å². The van der Waals surface area contributed by atoms with Crippen LogP contribution in [0.4, 0.5) is 11.4 Å². The molecular formula is C17H25N3O2. The van der Waals surface area contributed by atoms with E-state index in [4.69, 9.17) is 10.5 Å². The topological polar surface area (TPSA) is 58.8 Å². The molecule has 1 atom stereocenters. The number of hydrogen-bond acceptors (Lipinski definition) is 4. The summed E-state index contributed by atoms with van der Waals surface area (Å²) in [5, 5.41) is 0. The summed E-state index contributed by atoms with van der Waals surface area (Å²) >= 11 is 0. The average Bonchev–Trinajstić information content (AvgIpc) is 2.55. The molecule has 0 bridgehead atoms. The maximum absolute atomic E-state index is 12.7. The van der Waals surface area contributed by atoms with E-state index in [1.165, 1.54) is 19.3 Å². The number of piperidine rings is 1. The van der Waals surface area contributed by atoms with Crippen molar-refractivity contribution in [2.24, 2.45) is 0 Å². The zero-order valence-corrected chi connectivity index (χ0v) is 13.3. The summed E-state index contributed by atoms with van der Waals surface area (Å²) in [4.78, 5) is 16.9. The number of fused-ring (bicyclic) bond motifs is 1. The molecule has 2 N–H and O–H groups in total. The normalized spacial score (nSPS) is 22.3. The molecule has 22 heavy (non-hydrogen) atoms. The minimum Gasteiger partial charge on any atom is -0.478 e. The number of likely N-dealkylation sites (tertiary alicyclic amines) is 1. The van der Waals surface area contributed by atoms with Crippen LogP contribution in [0.5, 0.6) is 5.75 Å². The highest BCUT2D eigenvalue weighted by Crippen LogP contribution is 2.39. The van der Waals surface area contributed by atoms with Crippen molar-refractivity contribution in [2.45, 2.75) is 38.7 Å². The molecule has 0 spiro atoms. The predicted molar refractivity (Wildman–Crippen MR) is 88.2 cm³/mol. The summed E-state index contributed by atoms with van der Waals surface area (Å²) in [7, 11) is 0. The Bertz CT molecular complexity index is 541. The molecule has 1 unspecified atom stereocenters. The molecule has 0 aromatic heterocycles. The van der Waals surface area contributed by atoms with Crippen LogP contribution in [0.1, 0.15) is 32.6 Å². The first-order chi connectivity index (χ1) is 10.7. The van der Waals surface area contributed by atoms with Gasteiger partial charge in [-0.05, 0) is 44.5 Å². The smallest absolute Gasteiger partial charge is 0.268 e. The summed E-state index contributed by atoms with van der Waals surface area (Å²) in [5.74, 6) is 0.759. The molecule has 1 aromatic rings. The molecule has 120 valence electrons. The number of ether oxygens (including phenoxy) is 1. The van der Waals surface area contributed by atoms with Crippen LogP contribution in [-0.2, 0) is 4.79 Å². The summed E-state index contributed by atoms with van der Waals surface area (Å²) in [6.07, 6.45) is 4.12. The van der Waals surface area contributed by atoms with Crippen LogP contribution in [0, 0.1) is 0 Å². The molecule has 2 aliphatic rings. The Morgan fingerprint density at radius 2 is 2.00 bits per heavy atom. The lowest BCUT2D eigenvalue weighted by Crippen LogP contribution is -2.49. The number of carbonyl (C=O) groups is 1. The maximum atomic E-state index is 12.7. The third kappa shape index (κ3) is 2.90. The summed E-state index contributed by atoms with van der Waals surface area (Å²) in [6, 6.07) is 5.60. The van der Waals surface area contributed by atoms with Gasteiger partial charge in [0.15, 0.2) is 6.10 Å². The molecule has 1 amide bonds. The molecule has 0 saturated carbocycles. The van der Waals surface area contributed by atoms with E-state index < -0.39 is 6.10 Å². The molecule has 2 heterocycles. The van der Waals surface area contributed by atoms with Crippen molar-refractivity contribution in [3.05, 3.63) is 18.2 Å². The minimum atomic E-state index is -0.393. The number of anilines is 2. The maximum Gasteiger partial charge on any atom is 0.268 e. The van der Waals surface area contributed by atoms with E-state index in [2.05, 4.69) is 4.90 Å². The molecule has 2 aliphatic heterocycles. The fourth-order valence-electron chi connectivity index (χ4n) is 3.32. The predicted octanol–water partition coefficient (Wildman–Crippen LogP) is 2.26. The third-order valence-electron chi connectivity index (χ3n) is 4.57. The summed E-state index contributed by atoms with van der Waals surface area (Å²) < 4.78 is 5.81. The molecule has 0 aliphatic carbocycles. The van der Waals surface area contributed by atoms with Crippen molar-refractivity contribution in [1.82, 2.24) is 4.90 Å². The van der Waals surface area contributed by atoms with Crippen LogP contribution in [0.3, 0.4) is 0 Å². The first kappa shape index (κ1) is 15.2. The first-order valence-electron chi connectivity index (χ1n) is 8.29. The lowest BCUT2D eigenvalue weighted by molar-refractivity contribution is -0.126. The van der Waals surface area contributed by atoms with Crippen molar-refractivity contribution >= 4 is 17.3 Å². The molecule has 0 radical (unpaired) electrons. The highest BCUT2D eigenvalue weighted by molar-refractivity contribution is 6.03. The van der Waals surface area contributed by atoms with E-state index in [0.717, 1.165) is 31.1 Å². The van der Waals surface area contributed by atoms with Crippen LogP contribution in [-0.4, -0.2) is 43.1 Å². The quantitative estimate of drug-likeness (QED) is 0.867. The molecule has 1 fully saturated rings. The Balaban J connectivity index is 1.79. The number of benzene rings is 1. The van der Waals surface area contributed by atoms with Crippen molar-refractivity contribution in [3.63, 3.8) is 0 Å². The van der Waals surface area contributed by atoms with Crippen LogP contribution in [0.15, 0.2) is 18.2 Å². The van der Waals surface area contributed by atoms with Crippen molar-refractivity contribution in [2.75, 3.05) is 36.8 Å². The van der Waals surface area contributed by atoms with Crippen molar-refractivity contribution < 1.29 is 9.53 Å².